The summed E-state index contributed by atoms with van der Waals surface area (Å²) in [5.74, 6) is -1.10. The fourth-order valence-corrected chi connectivity index (χ4v) is 6.51. The third kappa shape index (κ3) is 11.0. The van der Waals surface area contributed by atoms with Crippen molar-refractivity contribution in [3.8, 4) is 11.1 Å². The molecule has 2 aromatic heterocycles. The van der Waals surface area contributed by atoms with E-state index in [0.717, 1.165) is 55.6 Å². The molecule has 5 rings (SSSR count). The molecule has 278 valence electrons. The molecule has 0 unspecified atom stereocenters. The van der Waals surface area contributed by atoms with E-state index in [-0.39, 0.29) is 36.9 Å². The van der Waals surface area contributed by atoms with Crippen LogP contribution in [0.4, 0.5) is 10.5 Å². The SMILES string of the molecule is CCc1cccc(-c2cnc(C(=O)N3CCN(CC4CCN(CC(=O)O)CC4)CC3)c(NC(=O)CN(Cc3ccncn3)C(=O)OC(C)(C)C)c2)c1. The van der Waals surface area contributed by atoms with Crippen LogP contribution in [-0.2, 0) is 27.3 Å². The summed E-state index contributed by atoms with van der Waals surface area (Å²) in [6, 6.07) is 11.5. The molecular formula is C38H50N8O6. The highest BCUT2D eigenvalue weighted by molar-refractivity contribution is 6.03. The number of aryl methyl sites for hydroxylation is 1. The Morgan fingerprint density at radius 2 is 1.71 bits per heavy atom. The van der Waals surface area contributed by atoms with Crippen molar-refractivity contribution in [1.82, 2.24) is 34.6 Å². The maximum absolute atomic E-state index is 14.0. The fraction of sp³-hybridized carbons (Fsp3) is 0.500. The number of nitrogens with one attached hydrogen (secondary N) is 1. The van der Waals surface area contributed by atoms with Gasteiger partial charge in [-0.25, -0.2) is 19.7 Å². The number of aromatic nitrogens is 3. The molecule has 3 amide bonds. The first-order valence-corrected chi connectivity index (χ1v) is 17.9. The van der Waals surface area contributed by atoms with Gasteiger partial charge in [0.25, 0.3) is 5.91 Å². The number of benzene rings is 1. The van der Waals surface area contributed by atoms with E-state index >= 15 is 0 Å². The summed E-state index contributed by atoms with van der Waals surface area (Å²) in [4.78, 5) is 72.2. The molecule has 4 heterocycles. The van der Waals surface area contributed by atoms with Gasteiger partial charge in [0.2, 0.25) is 5.91 Å². The van der Waals surface area contributed by atoms with Crippen molar-refractivity contribution in [2.75, 3.05) is 64.2 Å². The Kier molecular flexibility index (Phi) is 12.9. The molecule has 0 saturated carbocycles. The van der Waals surface area contributed by atoms with Crippen molar-refractivity contribution < 1.29 is 29.0 Å². The average Bonchev–Trinajstić information content (AvgIpc) is 3.11. The average molecular weight is 715 g/mol. The molecule has 0 aliphatic carbocycles. The van der Waals surface area contributed by atoms with Crippen LogP contribution in [0, 0.1) is 5.92 Å². The molecular weight excluding hydrogens is 664 g/mol. The van der Waals surface area contributed by atoms with Gasteiger partial charge in [0.05, 0.1) is 24.5 Å². The first-order chi connectivity index (χ1) is 24.9. The van der Waals surface area contributed by atoms with E-state index < -0.39 is 23.6 Å². The number of carboxylic acids is 1. The number of aliphatic carboxylic acids is 1. The van der Waals surface area contributed by atoms with Gasteiger partial charge in [0.15, 0.2) is 5.69 Å². The van der Waals surface area contributed by atoms with Gasteiger partial charge in [-0.1, -0.05) is 31.2 Å². The van der Waals surface area contributed by atoms with Crippen LogP contribution in [0.15, 0.2) is 55.1 Å². The van der Waals surface area contributed by atoms with Gasteiger partial charge in [0, 0.05) is 50.7 Å². The van der Waals surface area contributed by atoms with E-state index in [0.29, 0.717) is 37.8 Å². The van der Waals surface area contributed by atoms with E-state index in [1.54, 1.807) is 50.2 Å². The summed E-state index contributed by atoms with van der Waals surface area (Å²) in [5.41, 5.74) is 2.93. The predicted molar refractivity (Wildman–Crippen MR) is 195 cm³/mol. The van der Waals surface area contributed by atoms with Crippen molar-refractivity contribution in [1.29, 1.82) is 0 Å². The molecule has 2 fully saturated rings. The van der Waals surface area contributed by atoms with Crippen molar-refractivity contribution in [2.45, 2.75) is 59.1 Å². The van der Waals surface area contributed by atoms with Gasteiger partial charge in [-0.05, 0) is 82.3 Å². The number of carbonyl (C=O) groups is 4. The number of pyridine rings is 1. The zero-order chi connectivity index (χ0) is 37.3. The summed E-state index contributed by atoms with van der Waals surface area (Å²) in [6.45, 7) is 12.0. The third-order valence-corrected chi connectivity index (χ3v) is 9.26. The molecule has 3 aromatic rings. The number of piperazine rings is 1. The molecule has 2 N–H and O–H groups in total. The predicted octanol–water partition coefficient (Wildman–Crippen LogP) is 4.03. The Hall–Kier alpha value is -4.95. The highest BCUT2D eigenvalue weighted by Crippen LogP contribution is 2.27. The van der Waals surface area contributed by atoms with Gasteiger partial charge < -0.3 is 20.1 Å². The van der Waals surface area contributed by atoms with Gasteiger partial charge in [-0.2, -0.15) is 0 Å². The summed E-state index contributed by atoms with van der Waals surface area (Å²) in [7, 11) is 0. The van der Waals surface area contributed by atoms with Crippen LogP contribution < -0.4 is 5.32 Å². The summed E-state index contributed by atoms with van der Waals surface area (Å²) in [5, 5.41) is 12.0. The minimum atomic E-state index is -0.793. The second-order valence-corrected chi connectivity index (χ2v) is 14.5. The quantitative estimate of drug-likeness (QED) is 0.279. The summed E-state index contributed by atoms with van der Waals surface area (Å²) >= 11 is 0. The van der Waals surface area contributed by atoms with E-state index in [2.05, 4.69) is 38.2 Å². The number of ether oxygens (including phenoxy) is 1. The van der Waals surface area contributed by atoms with Crippen molar-refractivity contribution in [2.24, 2.45) is 5.92 Å². The van der Waals surface area contributed by atoms with E-state index in [1.807, 2.05) is 23.1 Å². The maximum atomic E-state index is 14.0. The molecule has 14 heteroatoms. The molecule has 1 aromatic carbocycles. The minimum Gasteiger partial charge on any atom is -0.480 e. The van der Waals surface area contributed by atoms with E-state index in [9.17, 15) is 19.2 Å². The molecule has 2 aliphatic heterocycles. The number of carboxylic acid groups (broad SMARTS) is 1. The smallest absolute Gasteiger partial charge is 0.411 e. The van der Waals surface area contributed by atoms with Crippen LogP contribution in [0.2, 0.25) is 0 Å². The van der Waals surface area contributed by atoms with Crippen molar-refractivity contribution in [3.63, 3.8) is 0 Å². The van der Waals surface area contributed by atoms with Gasteiger partial charge >= 0.3 is 12.1 Å². The zero-order valence-electron chi connectivity index (χ0n) is 30.6. The van der Waals surface area contributed by atoms with Crippen LogP contribution in [0.1, 0.15) is 62.3 Å². The van der Waals surface area contributed by atoms with Crippen molar-refractivity contribution >= 4 is 29.6 Å². The third-order valence-electron chi connectivity index (χ3n) is 9.26. The lowest BCUT2D eigenvalue weighted by Crippen LogP contribution is -2.51. The molecule has 0 atom stereocenters. The lowest BCUT2D eigenvalue weighted by molar-refractivity contribution is -0.138. The molecule has 0 spiro atoms. The number of carbonyl (C=O) groups excluding carboxylic acids is 3. The largest absolute Gasteiger partial charge is 0.480 e. The lowest BCUT2D eigenvalue weighted by atomic mass is 9.96. The zero-order valence-corrected chi connectivity index (χ0v) is 30.6. The van der Waals surface area contributed by atoms with Crippen LogP contribution in [-0.4, -0.2) is 128 Å². The second kappa shape index (κ2) is 17.5. The number of anilines is 1. The lowest BCUT2D eigenvalue weighted by Gasteiger charge is -2.38. The first-order valence-electron chi connectivity index (χ1n) is 17.9. The highest BCUT2D eigenvalue weighted by Gasteiger charge is 2.30. The Morgan fingerprint density at radius 3 is 2.37 bits per heavy atom. The summed E-state index contributed by atoms with van der Waals surface area (Å²) in [6.07, 6.45) is 6.68. The normalized spacial score (nSPS) is 16.0. The fourth-order valence-electron chi connectivity index (χ4n) is 6.51. The topological polar surface area (TPSA) is 161 Å². The summed E-state index contributed by atoms with van der Waals surface area (Å²) < 4.78 is 5.60. The maximum Gasteiger partial charge on any atom is 0.411 e. The Balaban J connectivity index is 1.30. The highest BCUT2D eigenvalue weighted by atomic mass is 16.6. The minimum absolute atomic E-state index is 0.0183. The molecule has 52 heavy (non-hydrogen) atoms. The van der Waals surface area contributed by atoms with E-state index in [4.69, 9.17) is 9.84 Å². The molecule has 2 saturated heterocycles. The van der Waals surface area contributed by atoms with Crippen molar-refractivity contribution in [3.05, 3.63) is 72.1 Å². The number of piperidine rings is 1. The van der Waals surface area contributed by atoms with E-state index in [1.165, 1.54) is 11.2 Å². The van der Waals surface area contributed by atoms with Gasteiger partial charge in [-0.3, -0.25) is 29.1 Å². The number of rotatable bonds is 12. The Morgan fingerprint density at radius 1 is 0.962 bits per heavy atom. The molecule has 0 radical (unpaired) electrons. The van der Waals surface area contributed by atoms with Crippen LogP contribution in [0.5, 0.6) is 0 Å². The Bertz CT molecular complexity index is 1700. The number of likely N-dealkylation sites (tertiary alicyclic amines) is 1. The molecule has 2 aliphatic rings. The van der Waals surface area contributed by atoms with Crippen LogP contribution in [0.3, 0.4) is 0 Å². The monoisotopic (exact) mass is 714 g/mol. The van der Waals surface area contributed by atoms with Gasteiger partial charge in [0.1, 0.15) is 18.5 Å². The number of nitrogens with zero attached hydrogens (tertiary/aromatic N) is 7. The standard InChI is InChI=1S/C38H50N8O6/c1-5-27-7-6-8-29(19-27)30-20-32(42-33(47)24-46(37(51)52-38(2,3)4)23-31-9-12-39-26-41-31)35(40-21-30)36(50)45-17-15-44(16-18-45)22-28-10-13-43(14-11-28)25-34(48)49/h6-9,12,19-21,26,28H,5,10-11,13-18,22-25H2,1-4H3,(H,42,47)(H,48,49). The first kappa shape index (κ1) is 38.3. The second-order valence-electron chi connectivity index (χ2n) is 14.5. The van der Waals surface area contributed by atoms with Gasteiger partial charge in [-0.15, -0.1) is 0 Å². The number of amides is 3. The number of hydrogen-bond acceptors (Lipinski definition) is 10. The van der Waals surface area contributed by atoms with Crippen LogP contribution in [0.25, 0.3) is 11.1 Å². The molecule has 14 nitrogen and oxygen atoms in total. The number of hydrogen-bond donors (Lipinski definition) is 2. The molecule has 0 bridgehead atoms. The van der Waals surface area contributed by atoms with Crippen LogP contribution >= 0.6 is 0 Å². The Labute approximate surface area is 305 Å².